The summed E-state index contributed by atoms with van der Waals surface area (Å²) in [5, 5.41) is 6.73. The number of nitrogens with one attached hydrogen (secondary N) is 1. The number of aryl methyl sites for hydroxylation is 2. The first-order valence-corrected chi connectivity index (χ1v) is 7.53. The Morgan fingerprint density at radius 2 is 2.04 bits per heavy atom. The van der Waals surface area contributed by atoms with Crippen molar-refractivity contribution >= 4 is 5.91 Å². The summed E-state index contributed by atoms with van der Waals surface area (Å²) in [7, 11) is 3.24. The fourth-order valence-corrected chi connectivity index (χ4v) is 2.47. The molecule has 0 aliphatic heterocycles. The molecule has 0 aliphatic carbocycles. The van der Waals surface area contributed by atoms with Crippen LogP contribution in [0.15, 0.2) is 53.6 Å². The number of hydrogen-bond donors (Lipinski definition) is 1. The standard InChI is InChI=1S/C17H16FN5O2/c1-22-9-8-19-16(22)15(11-4-3-5-12(18)10-11)20-17(25)13-6-7-14(24)23(2)21-13/h3-10,15H,1-2H3,(H,20,25)/t15-/m0/s1. The number of imidazole rings is 1. The molecular formula is C17H16FN5O2. The molecule has 0 aliphatic rings. The van der Waals surface area contributed by atoms with E-state index in [9.17, 15) is 14.0 Å². The van der Waals surface area contributed by atoms with Gasteiger partial charge in [-0.1, -0.05) is 12.1 Å². The van der Waals surface area contributed by atoms with E-state index in [1.807, 2.05) is 0 Å². The minimum Gasteiger partial charge on any atom is -0.337 e. The van der Waals surface area contributed by atoms with E-state index in [2.05, 4.69) is 15.4 Å². The minimum absolute atomic E-state index is 0.0812. The van der Waals surface area contributed by atoms with E-state index in [1.165, 1.54) is 31.3 Å². The lowest BCUT2D eigenvalue weighted by atomic mass is 10.1. The average Bonchev–Trinajstić information content (AvgIpc) is 3.00. The lowest BCUT2D eigenvalue weighted by Crippen LogP contribution is -2.33. The molecule has 3 rings (SSSR count). The lowest BCUT2D eigenvalue weighted by molar-refractivity contribution is 0.0933. The second-order valence-corrected chi connectivity index (χ2v) is 5.54. The van der Waals surface area contributed by atoms with E-state index >= 15 is 0 Å². The highest BCUT2D eigenvalue weighted by Gasteiger charge is 2.22. The summed E-state index contributed by atoms with van der Waals surface area (Å²) in [6, 6.07) is 7.89. The smallest absolute Gasteiger partial charge is 0.272 e. The fourth-order valence-electron chi connectivity index (χ4n) is 2.47. The molecule has 128 valence electrons. The quantitative estimate of drug-likeness (QED) is 0.772. The minimum atomic E-state index is -0.665. The first-order valence-electron chi connectivity index (χ1n) is 7.53. The van der Waals surface area contributed by atoms with Gasteiger partial charge in [0.2, 0.25) is 0 Å². The maximum Gasteiger partial charge on any atom is 0.272 e. The molecule has 0 bridgehead atoms. The second-order valence-electron chi connectivity index (χ2n) is 5.54. The Morgan fingerprint density at radius 3 is 2.68 bits per heavy atom. The van der Waals surface area contributed by atoms with Crippen molar-refractivity contribution in [2.45, 2.75) is 6.04 Å². The summed E-state index contributed by atoms with van der Waals surface area (Å²) in [6.07, 6.45) is 3.33. The molecule has 7 nitrogen and oxygen atoms in total. The number of carbonyl (C=O) groups is 1. The van der Waals surface area contributed by atoms with E-state index in [-0.39, 0.29) is 11.3 Å². The van der Waals surface area contributed by atoms with Crippen molar-refractivity contribution in [1.82, 2.24) is 24.6 Å². The molecule has 0 fully saturated rings. The van der Waals surface area contributed by atoms with Gasteiger partial charge in [-0.05, 0) is 23.8 Å². The monoisotopic (exact) mass is 341 g/mol. The van der Waals surface area contributed by atoms with Crippen molar-refractivity contribution in [1.29, 1.82) is 0 Å². The van der Waals surface area contributed by atoms with Crippen molar-refractivity contribution < 1.29 is 9.18 Å². The number of aromatic nitrogens is 4. The van der Waals surface area contributed by atoms with Gasteiger partial charge in [0.15, 0.2) is 0 Å². The lowest BCUT2D eigenvalue weighted by Gasteiger charge is -2.19. The van der Waals surface area contributed by atoms with Crippen LogP contribution in [0.3, 0.4) is 0 Å². The molecule has 0 saturated carbocycles. The Hall–Kier alpha value is -3.29. The third-order valence-electron chi connectivity index (χ3n) is 3.77. The van der Waals surface area contributed by atoms with Gasteiger partial charge in [-0.25, -0.2) is 14.1 Å². The van der Waals surface area contributed by atoms with Crippen molar-refractivity contribution in [2.75, 3.05) is 0 Å². The highest BCUT2D eigenvalue weighted by Crippen LogP contribution is 2.21. The summed E-state index contributed by atoms with van der Waals surface area (Å²) in [5.41, 5.74) is 0.313. The average molecular weight is 341 g/mol. The Bertz CT molecular complexity index is 979. The van der Waals surface area contributed by atoms with Gasteiger partial charge < -0.3 is 9.88 Å². The Morgan fingerprint density at radius 1 is 1.24 bits per heavy atom. The largest absolute Gasteiger partial charge is 0.337 e. The first-order chi connectivity index (χ1) is 12.0. The molecular weight excluding hydrogens is 325 g/mol. The highest BCUT2D eigenvalue weighted by atomic mass is 19.1. The maximum atomic E-state index is 13.6. The summed E-state index contributed by atoms with van der Waals surface area (Å²) in [4.78, 5) is 28.2. The number of rotatable bonds is 4. The van der Waals surface area contributed by atoms with Gasteiger partial charge in [0.1, 0.15) is 23.4 Å². The Balaban J connectivity index is 1.97. The van der Waals surface area contributed by atoms with Gasteiger partial charge in [-0.3, -0.25) is 9.59 Å². The van der Waals surface area contributed by atoms with Crippen molar-refractivity contribution in [3.63, 3.8) is 0 Å². The topological polar surface area (TPSA) is 81.8 Å². The molecule has 0 saturated heterocycles. The van der Waals surface area contributed by atoms with Crippen LogP contribution >= 0.6 is 0 Å². The van der Waals surface area contributed by atoms with Crippen LogP contribution in [0.4, 0.5) is 4.39 Å². The van der Waals surface area contributed by atoms with E-state index in [0.29, 0.717) is 11.4 Å². The summed E-state index contributed by atoms with van der Waals surface area (Å²) < 4.78 is 16.5. The molecule has 2 aromatic heterocycles. The van der Waals surface area contributed by atoms with Crippen LogP contribution in [-0.4, -0.2) is 25.2 Å². The number of amides is 1. The number of benzene rings is 1. The number of nitrogens with zero attached hydrogens (tertiary/aromatic N) is 4. The van der Waals surface area contributed by atoms with Gasteiger partial charge in [-0.2, -0.15) is 5.10 Å². The van der Waals surface area contributed by atoms with Gasteiger partial charge in [0.05, 0.1) is 0 Å². The van der Waals surface area contributed by atoms with Crippen molar-refractivity contribution in [3.8, 4) is 0 Å². The van der Waals surface area contributed by atoms with Crippen LogP contribution in [0.1, 0.15) is 27.9 Å². The molecule has 1 amide bonds. The first kappa shape index (κ1) is 16.6. The number of carbonyl (C=O) groups excluding carboxylic acids is 1. The molecule has 25 heavy (non-hydrogen) atoms. The van der Waals surface area contributed by atoms with Crippen LogP contribution in [0, 0.1) is 5.82 Å². The van der Waals surface area contributed by atoms with E-state index < -0.39 is 17.8 Å². The SMILES string of the molecule is Cn1ccnc1[C@@H](NC(=O)c1ccc(=O)n(C)n1)c1cccc(F)c1. The van der Waals surface area contributed by atoms with Gasteiger partial charge in [0.25, 0.3) is 11.5 Å². The second kappa shape index (κ2) is 6.68. The van der Waals surface area contributed by atoms with E-state index in [4.69, 9.17) is 0 Å². The molecule has 1 N–H and O–H groups in total. The van der Waals surface area contributed by atoms with Crippen LogP contribution in [0.25, 0.3) is 0 Å². The molecule has 0 unspecified atom stereocenters. The summed E-state index contributed by atoms with van der Waals surface area (Å²) in [5.74, 6) is -0.358. The summed E-state index contributed by atoms with van der Waals surface area (Å²) in [6.45, 7) is 0. The molecule has 0 radical (unpaired) electrons. The zero-order chi connectivity index (χ0) is 18.0. The Labute approximate surface area is 142 Å². The molecule has 3 aromatic rings. The molecule has 2 heterocycles. The summed E-state index contributed by atoms with van der Waals surface area (Å²) >= 11 is 0. The van der Waals surface area contributed by atoms with E-state index in [1.54, 1.807) is 36.1 Å². The van der Waals surface area contributed by atoms with Crippen molar-refractivity contribution in [2.24, 2.45) is 14.1 Å². The van der Waals surface area contributed by atoms with Crippen LogP contribution < -0.4 is 10.9 Å². The zero-order valence-corrected chi connectivity index (χ0v) is 13.7. The van der Waals surface area contributed by atoms with E-state index in [0.717, 1.165) is 4.68 Å². The zero-order valence-electron chi connectivity index (χ0n) is 13.7. The third kappa shape index (κ3) is 3.47. The van der Waals surface area contributed by atoms with Gasteiger partial charge in [-0.15, -0.1) is 0 Å². The maximum absolute atomic E-state index is 13.6. The van der Waals surface area contributed by atoms with Crippen LogP contribution in [-0.2, 0) is 14.1 Å². The highest BCUT2D eigenvalue weighted by molar-refractivity contribution is 5.92. The third-order valence-corrected chi connectivity index (χ3v) is 3.77. The molecule has 1 aromatic carbocycles. The molecule has 8 heteroatoms. The normalized spacial score (nSPS) is 12.0. The molecule has 1 atom stereocenters. The fraction of sp³-hybridized carbons (Fsp3) is 0.176. The number of halogens is 1. The van der Waals surface area contributed by atoms with Crippen LogP contribution in [0.5, 0.6) is 0 Å². The number of hydrogen-bond acceptors (Lipinski definition) is 4. The van der Waals surface area contributed by atoms with Crippen molar-refractivity contribution in [3.05, 3.63) is 82.0 Å². The van der Waals surface area contributed by atoms with Crippen LogP contribution in [0.2, 0.25) is 0 Å². The van der Waals surface area contributed by atoms with Gasteiger partial charge in [0, 0.05) is 32.6 Å². The van der Waals surface area contributed by atoms with Gasteiger partial charge >= 0.3 is 0 Å². The molecule has 0 spiro atoms. The predicted molar refractivity (Wildman–Crippen MR) is 88.4 cm³/mol. The predicted octanol–water partition coefficient (Wildman–Crippen LogP) is 1.17. The Kier molecular flexibility index (Phi) is 4.42.